The minimum absolute atomic E-state index is 0.0312. The minimum atomic E-state index is -3.44. The quantitative estimate of drug-likeness (QED) is 0.564. The molecule has 0 spiro atoms. The highest BCUT2D eigenvalue weighted by Gasteiger charge is 2.31. The van der Waals surface area contributed by atoms with E-state index in [1.165, 1.54) is 5.56 Å². The normalized spacial score (nSPS) is 19.2. The molecular formula is C27H29N3O3S. The van der Waals surface area contributed by atoms with Gasteiger partial charge in [-0.25, -0.2) is 8.42 Å². The van der Waals surface area contributed by atoms with Crippen LogP contribution in [0.1, 0.15) is 28.4 Å². The number of benzene rings is 3. The Kier molecular flexibility index (Phi) is 6.25. The highest BCUT2D eigenvalue weighted by molar-refractivity contribution is 7.89. The second-order valence-electron chi connectivity index (χ2n) is 9.05. The zero-order chi connectivity index (χ0) is 23.7. The van der Waals surface area contributed by atoms with Gasteiger partial charge in [-0.3, -0.25) is 9.69 Å². The predicted molar refractivity (Wildman–Crippen MR) is 133 cm³/mol. The number of hydrogen-bond donors (Lipinski definition) is 0. The molecule has 1 unspecified atom stereocenters. The predicted octanol–water partition coefficient (Wildman–Crippen LogP) is 3.78. The van der Waals surface area contributed by atoms with Gasteiger partial charge in [0.15, 0.2) is 0 Å². The number of hydrogen-bond acceptors (Lipinski definition) is 4. The van der Waals surface area contributed by atoms with Gasteiger partial charge in [0.25, 0.3) is 5.91 Å². The number of para-hydroxylation sites is 1. The first-order valence-electron chi connectivity index (χ1n) is 11.7. The fraction of sp³-hybridized carbons (Fsp3) is 0.296. The molecule has 5 rings (SSSR count). The van der Waals surface area contributed by atoms with Crippen LogP contribution in [0.25, 0.3) is 0 Å². The minimum Gasteiger partial charge on any atom is -0.305 e. The van der Waals surface area contributed by atoms with Gasteiger partial charge in [0.2, 0.25) is 10.0 Å². The van der Waals surface area contributed by atoms with Crippen molar-refractivity contribution in [3.8, 4) is 0 Å². The van der Waals surface area contributed by atoms with E-state index in [2.05, 4.69) is 17.9 Å². The Morgan fingerprint density at radius 1 is 0.853 bits per heavy atom. The van der Waals surface area contributed by atoms with E-state index >= 15 is 0 Å². The fourth-order valence-corrected chi connectivity index (χ4v) is 6.34. The van der Waals surface area contributed by atoms with E-state index in [-0.39, 0.29) is 11.9 Å². The zero-order valence-electron chi connectivity index (χ0n) is 19.3. The maximum Gasteiger partial charge on any atom is 0.258 e. The van der Waals surface area contributed by atoms with Gasteiger partial charge < -0.3 is 4.90 Å². The third kappa shape index (κ3) is 4.39. The summed E-state index contributed by atoms with van der Waals surface area (Å²) in [6, 6.07) is 24.7. The van der Waals surface area contributed by atoms with Crippen molar-refractivity contribution in [1.29, 1.82) is 0 Å². The van der Waals surface area contributed by atoms with E-state index < -0.39 is 10.0 Å². The summed E-state index contributed by atoms with van der Waals surface area (Å²) in [6.45, 7) is 5.12. The summed E-state index contributed by atoms with van der Waals surface area (Å²) < 4.78 is 27.2. The molecule has 0 radical (unpaired) electrons. The van der Waals surface area contributed by atoms with Crippen LogP contribution < -0.4 is 4.90 Å². The number of carbonyl (C=O) groups is 1. The summed E-state index contributed by atoms with van der Waals surface area (Å²) >= 11 is 0. The van der Waals surface area contributed by atoms with Gasteiger partial charge in [0.1, 0.15) is 0 Å². The van der Waals surface area contributed by atoms with Gasteiger partial charge in [-0.2, -0.15) is 4.31 Å². The average molecular weight is 476 g/mol. The van der Waals surface area contributed by atoms with Gasteiger partial charge in [-0.15, -0.1) is 0 Å². The molecule has 0 aliphatic carbocycles. The highest BCUT2D eigenvalue weighted by atomic mass is 32.2. The molecular weight excluding hydrogens is 446 g/mol. The second kappa shape index (κ2) is 9.33. The maximum absolute atomic E-state index is 13.2. The van der Waals surface area contributed by atoms with E-state index in [0.717, 1.165) is 24.2 Å². The second-order valence-corrected chi connectivity index (χ2v) is 11.0. The molecule has 1 atom stereocenters. The van der Waals surface area contributed by atoms with Crippen molar-refractivity contribution in [3.05, 3.63) is 95.6 Å². The first-order chi connectivity index (χ1) is 16.4. The first kappa shape index (κ1) is 22.8. The molecule has 2 heterocycles. The lowest BCUT2D eigenvalue weighted by Gasteiger charge is -2.34. The van der Waals surface area contributed by atoms with Gasteiger partial charge in [0.05, 0.1) is 4.90 Å². The number of piperazine rings is 1. The van der Waals surface area contributed by atoms with Gasteiger partial charge in [-0.1, -0.05) is 48.5 Å². The van der Waals surface area contributed by atoms with Crippen molar-refractivity contribution >= 4 is 21.6 Å². The van der Waals surface area contributed by atoms with Crippen LogP contribution in [0.5, 0.6) is 0 Å². The van der Waals surface area contributed by atoms with Gasteiger partial charge in [-0.05, 0) is 54.8 Å². The summed E-state index contributed by atoms with van der Waals surface area (Å²) in [5.41, 5.74) is 4.03. The standard InChI is InChI=1S/C27H29N3O3S/c1-21-19-24-7-5-6-10-26(24)30(21)27(31)23-13-11-22(12-14-23)20-28-15-17-29(18-16-28)34(32,33)25-8-3-2-4-9-25/h2-14,21H,15-20H2,1H3. The fourth-order valence-electron chi connectivity index (χ4n) is 4.89. The molecule has 3 aromatic carbocycles. The molecule has 7 heteroatoms. The topological polar surface area (TPSA) is 60.9 Å². The zero-order valence-corrected chi connectivity index (χ0v) is 20.1. The third-order valence-corrected chi connectivity index (χ3v) is 8.66. The molecule has 2 aliphatic rings. The number of rotatable bonds is 5. The molecule has 6 nitrogen and oxygen atoms in total. The summed E-state index contributed by atoms with van der Waals surface area (Å²) in [7, 11) is -3.44. The summed E-state index contributed by atoms with van der Waals surface area (Å²) in [5, 5.41) is 0. The average Bonchev–Trinajstić information content (AvgIpc) is 3.20. The monoisotopic (exact) mass is 475 g/mol. The Labute approximate surface area is 201 Å². The van der Waals surface area contributed by atoms with Crippen molar-refractivity contribution in [1.82, 2.24) is 9.21 Å². The van der Waals surface area contributed by atoms with Crippen molar-refractivity contribution in [2.75, 3.05) is 31.1 Å². The molecule has 0 bridgehead atoms. The molecule has 1 amide bonds. The lowest BCUT2D eigenvalue weighted by atomic mass is 10.1. The Morgan fingerprint density at radius 3 is 2.21 bits per heavy atom. The van der Waals surface area contributed by atoms with Gasteiger partial charge >= 0.3 is 0 Å². The molecule has 0 N–H and O–H groups in total. The molecule has 176 valence electrons. The van der Waals surface area contributed by atoms with Crippen molar-refractivity contribution in [2.24, 2.45) is 0 Å². The number of nitrogens with zero attached hydrogens (tertiary/aromatic N) is 3. The van der Waals surface area contributed by atoms with Crippen LogP contribution in [0.2, 0.25) is 0 Å². The lowest BCUT2D eigenvalue weighted by Crippen LogP contribution is -2.48. The van der Waals surface area contributed by atoms with Crippen molar-refractivity contribution in [3.63, 3.8) is 0 Å². The molecule has 3 aromatic rings. The summed E-state index contributed by atoms with van der Waals surface area (Å²) in [4.78, 5) is 17.7. The van der Waals surface area contributed by atoms with Crippen LogP contribution in [-0.4, -0.2) is 55.8 Å². The SMILES string of the molecule is CC1Cc2ccccc2N1C(=O)c1ccc(CN2CCN(S(=O)(=O)c3ccccc3)CC2)cc1. The van der Waals surface area contributed by atoms with Crippen LogP contribution in [-0.2, 0) is 23.0 Å². The lowest BCUT2D eigenvalue weighted by molar-refractivity contribution is 0.0981. The maximum atomic E-state index is 13.2. The summed E-state index contributed by atoms with van der Waals surface area (Å²) in [5.74, 6) is 0.0312. The first-order valence-corrected chi connectivity index (χ1v) is 13.2. The van der Waals surface area contributed by atoms with E-state index in [9.17, 15) is 13.2 Å². The Hall–Kier alpha value is -3.00. The summed E-state index contributed by atoms with van der Waals surface area (Å²) in [6.07, 6.45) is 0.881. The number of amides is 1. The molecule has 1 fully saturated rings. The third-order valence-electron chi connectivity index (χ3n) is 6.75. The van der Waals surface area contributed by atoms with E-state index in [0.29, 0.717) is 36.6 Å². The largest absolute Gasteiger partial charge is 0.305 e. The Balaban J connectivity index is 1.20. The number of anilines is 1. The molecule has 1 saturated heterocycles. The van der Waals surface area contributed by atoms with Crippen molar-refractivity contribution < 1.29 is 13.2 Å². The highest BCUT2D eigenvalue weighted by Crippen LogP contribution is 2.33. The van der Waals surface area contributed by atoms with Crippen LogP contribution in [0, 0.1) is 0 Å². The van der Waals surface area contributed by atoms with Crippen LogP contribution in [0.4, 0.5) is 5.69 Å². The number of carbonyl (C=O) groups excluding carboxylic acids is 1. The molecule has 0 aromatic heterocycles. The van der Waals surface area contributed by atoms with Crippen LogP contribution >= 0.6 is 0 Å². The molecule has 34 heavy (non-hydrogen) atoms. The van der Waals surface area contributed by atoms with E-state index in [4.69, 9.17) is 0 Å². The van der Waals surface area contributed by atoms with E-state index in [1.807, 2.05) is 53.4 Å². The Morgan fingerprint density at radius 2 is 1.50 bits per heavy atom. The smallest absolute Gasteiger partial charge is 0.258 e. The van der Waals surface area contributed by atoms with Crippen LogP contribution in [0.3, 0.4) is 0 Å². The van der Waals surface area contributed by atoms with Crippen molar-refractivity contribution in [2.45, 2.75) is 30.8 Å². The van der Waals surface area contributed by atoms with Gasteiger partial charge in [0, 0.05) is 50.0 Å². The Bertz CT molecular complexity index is 1270. The van der Waals surface area contributed by atoms with E-state index in [1.54, 1.807) is 28.6 Å². The number of fused-ring (bicyclic) bond motifs is 1. The molecule has 0 saturated carbocycles. The van der Waals surface area contributed by atoms with Crippen LogP contribution in [0.15, 0.2) is 83.8 Å². The molecule has 2 aliphatic heterocycles. The number of sulfonamides is 1.